The smallest absolute Gasteiger partial charge is 0.131 e. The van der Waals surface area contributed by atoms with Crippen LogP contribution in [-0.2, 0) is 5.66 Å². The van der Waals surface area contributed by atoms with E-state index in [-0.39, 0.29) is 5.66 Å². The summed E-state index contributed by atoms with van der Waals surface area (Å²) < 4.78 is 0. The molecule has 0 fully saturated rings. The van der Waals surface area contributed by atoms with Crippen LogP contribution in [0.4, 0.5) is 17.1 Å². The summed E-state index contributed by atoms with van der Waals surface area (Å²) in [7, 11) is 0. The minimum atomic E-state index is -0.377. The van der Waals surface area contributed by atoms with Crippen molar-refractivity contribution in [3.63, 3.8) is 0 Å². The molecule has 3 heteroatoms. The zero-order valence-electron chi connectivity index (χ0n) is 11.9. The first kappa shape index (κ1) is 12.1. The largest absolute Gasteiger partial charge is 0.399 e. The Labute approximate surface area is 123 Å². The third-order valence-electron chi connectivity index (χ3n) is 4.14. The van der Waals surface area contributed by atoms with Crippen LogP contribution in [0.1, 0.15) is 12.5 Å². The van der Waals surface area contributed by atoms with Gasteiger partial charge in [0, 0.05) is 22.4 Å². The molecule has 0 spiro atoms. The highest BCUT2D eigenvalue weighted by Crippen LogP contribution is 2.41. The molecular weight excluding hydrogens is 258 g/mol. The molecule has 1 aliphatic heterocycles. The average Bonchev–Trinajstić information content (AvgIpc) is 2.47. The van der Waals surface area contributed by atoms with Crippen LogP contribution in [0.5, 0.6) is 0 Å². The summed E-state index contributed by atoms with van der Waals surface area (Å²) in [5.74, 6) is 0. The molecule has 3 aromatic rings. The minimum Gasteiger partial charge on any atom is -0.399 e. The highest BCUT2D eigenvalue weighted by molar-refractivity contribution is 6.05. The maximum absolute atomic E-state index is 5.94. The van der Waals surface area contributed by atoms with Crippen LogP contribution in [0, 0.1) is 0 Å². The van der Waals surface area contributed by atoms with Gasteiger partial charge in [0.05, 0.1) is 0 Å². The molecule has 0 aromatic heterocycles. The van der Waals surface area contributed by atoms with Gasteiger partial charge in [-0.1, -0.05) is 36.4 Å². The van der Waals surface area contributed by atoms with Crippen molar-refractivity contribution in [3.05, 3.63) is 66.2 Å². The van der Waals surface area contributed by atoms with E-state index in [4.69, 9.17) is 5.73 Å². The molecule has 1 heterocycles. The topological polar surface area (TPSA) is 50.1 Å². The van der Waals surface area contributed by atoms with Crippen molar-refractivity contribution in [1.82, 2.24) is 0 Å². The molecule has 0 bridgehead atoms. The number of hydrogen-bond donors (Lipinski definition) is 3. The van der Waals surface area contributed by atoms with E-state index in [0.717, 1.165) is 22.6 Å². The Kier molecular flexibility index (Phi) is 2.39. The Bertz CT molecular complexity index is 798. The Morgan fingerprint density at radius 1 is 0.857 bits per heavy atom. The zero-order chi connectivity index (χ0) is 14.4. The van der Waals surface area contributed by atoms with Gasteiger partial charge in [-0.15, -0.1) is 0 Å². The van der Waals surface area contributed by atoms with Gasteiger partial charge in [0.15, 0.2) is 0 Å². The third kappa shape index (κ3) is 1.82. The summed E-state index contributed by atoms with van der Waals surface area (Å²) in [4.78, 5) is 0. The summed E-state index contributed by atoms with van der Waals surface area (Å²) in [5, 5.41) is 9.70. The number of anilines is 3. The van der Waals surface area contributed by atoms with Gasteiger partial charge in [-0.3, -0.25) is 0 Å². The molecule has 0 radical (unpaired) electrons. The molecule has 3 nitrogen and oxygen atoms in total. The summed E-state index contributed by atoms with van der Waals surface area (Å²) in [6.45, 7) is 2.14. The maximum Gasteiger partial charge on any atom is 0.131 e. The van der Waals surface area contributed by atoms with E-state index in [9.17, 15) is 0 Å². The molecule has 0 unspecified atom stereocenters. The average molecular weight is 275 g/mol. The van der Waals surface area contributed by atoms with Crippen molar-refractivity contribution in [2.45, 2.75) is 12.6 Å². The van der Waals surface area contributed by atoms with Crippen LogP contribution in [0.2, 0.25) is 0 Å². The van der Waals surface area contributed by atoms with Gasteiger partial charge in [0.2, 0.25) is 0 Å². The molecule has 0 amide bonds. The number of nitrogens with one attached hydrogen (secondary N) is 2. The Morgan fingerprint density at radius 2 is 1.48 bits per heavy atom. The van der Waals surface area contributed by atoms with Crippen LogP contribution in [-0.4, -0.2) is 0 Å². The van der Waals surface area contributed by atoms with Crippen molar-refractivity contribution in [1.29, 1.82) is 0 Å². The highest BCUT2D eigenvalue weighted by atomic mass is 15.2. The predicted molar refractivity (Wildman–Crippen MR) is 89.4 cm³/mol. The highest BCUT2D eigenvalue weighted by Gasteiger charge is 2.31. The molecule has 104 valence electrons. The number of nitrogens with two attached hydrogens (primary N) is 1. The lowest BCUT2D eigenvalue weighted by atomic mass is 9.94. The number of benzene rings is 3. The molecule has 0 aliphatic carbocycles. The number of nitrogen functional groups attached to an aromatic ring is 1. The third-order valence-corrected chi connectivity index (χ3v) is 4.14. The second-order valence-electron chi connectivity index (χ2n) is 5.71. The van der Waals surface area contributed by atoms with Crippen LogP contribution in [0.25, 0.3) is 10.8 Å². The number of rotatable bonds is 1. The second-order valence-corrected chi connectivity index (χ2v) is 5.71. The van der Waals surface area contributed by atoms with E-state index in [0.29, 0.717) is 0 Å². The van der Waals surface area contributed by atoms with Crippen LogP contribution >= 0.6 is 0 Å². The van der Waals surface area contributed by atoms with Crippen LogP contribution in [0.15, 0.2) is 60.7 Å². The lowest BCUT2D eigenvalue weighted by molar-refractivity contribution is 0.626. The second kappa shape index (κ2) is 4.16. The molecule has 0 saturated carbocycles. The monoisotopic (exact) mass is 275 g/mol. The van der Waals surface area contributed by atoms with E-state index in [2.05, 4.69) is 60.0 Å². The van der Waals surface area contributed by atoms with Crippen molar-refractivity contribution in [3.8, 4) is 0 Å². The lowest BCUT2D eigenvalue weighted by Crippen LogP contribution is -2.42. The molecule has 0 atom stereocenters. The normalized spacial score (nSPS) is 15.3. The van der Waals surface area contributed by atoms with E-state index < -0.39 is 0 Å². The molecule has 4 rings (SSSR count). The van der Waals surface area contributed by atoms with Gasteiger partial charge in [0.1, 0.15) is 5.66 Å². The van der Waals surface area contributed by atoms with Crippen molar-refractivity contribution in [2.24, 2.45) is 0 Å². The summed E-state index contributed by atoms with van der Waals surface area (Å²) in [5.41, 5.74) is 9.75. The Morgan fingerprint density at radius 3 is 2.10 bits per heavy atom. The van der Waals surface area contributed by atoms with Crippen LogP contribution in [0.3, 0.4) is 0 Å². The van der Waals surface area contributed by atoms with Gasteiger partial charge >= 0.3 is 0 Å². The molecule has 0 saturated heterocycles. The molecular formula is C18H17N3. The number of hydrogen-bond acceptors (Lipinski definition) is 3. The van der Waals surface area contributed by atoms with E-state index in [1.165, 1.54) is 10.8 Å². The molecule has 3 aromatic carbocycles. The lowest BCUT2D eigenvalue weighted by Gasteiger charge is -2.39. The fourth-order valence-electron chi connectivity index (χ4n) is 3.11. The molecule has 1 aliphatic rings. The molecule has 21 heavy (non-hydrogen) atoms. The maximum atomic E-state index is 5.94. The van der Waals surface area contributed by atoms with Gasteiger partial charge in [-0.05, 0) is 42.1 Å². The SMILES string of the molecule is CC1(c2cccc(N)c2)Nc2cccc3cccc(c23)N1. The Hall–Kier alpha value is -2.68. The predicted octanol–water partition coefficient (Wildman–Crippen LogP) is 4.13. The Balaban J connectivity index is 1.90. The standard InChI is InChI=1S/C18H17N3/c1-18(13-7-4-8-14(19)11-13)20-15-9-2-5-12-6-3-10-16(21-18)17(12)15/h2-11,20-21H,19H2,1H3. The van der Waals surface area contributed by atoms with Crippen molar-refractivity contribution < 1.29 is 0 Å². The van der Waals surface area contributed by atoms with Crippen molar-refractivity contribution >= 4 is 27.8 Å². The van der Waals surface area contributed by atoms with Crippen LogP contribution < -0.4 is 16.4 Å². The summed E-state index contributed by atoms with van der Waals surface area (Å²) >= 11 is 0. The van der Waals surface area contributed by atoms with E-state index in [1.54, 1.807) is 0 Å². The first-order chi connectivity index (χ1) is 10.2. The van der Waals surface area contributed by atoms with E-state index >= 15 is 0 Å². The fraction of sp³-hybridized carbons (Fsp3) is 0.111. The minimum absolute atomic E-state index is 0.377. The van der Waals surface area contributed by atoms with Gasteiger partial charge < -0.3 is 16.4 Å². The fourth-order valence-corrected chi connectivity index (χ4v) is 3.11. The van der Waals surface area contributed by atoms with Gasteiger partial charge in [-0.25, -0.2) is 0 Å². The summed E-state index contributed by atoms with van der Waals surface area (Å²) in [6, 6.07) is 20.7. The first-order valence-corrected chi connectivity index (χ1v) is 7.10. The van der Waals surface area contributed by atoms with Gasteiger partial charge in [0.25, 0.3) is 0 Å². The zero-order valence-corrected chi connectivity index (χ0v) is 11.9. The van der Waals surface area contributed by atoms with E-state index in [1.807, 2.05) is 18.2 Å². The van der Waals surface area contributed by atoms with Gasteiger partial charge in [-0.2, -0.15) is 0 Å². The summed E-state index contributed by atoms with van der Waals surface area (Å²) in [6.07, 6.45) is 0. The quantitative estimate of drug-likeness (QED) is 0.585. The molecule has 4 N–H and O–H groups in total. The first-order valence-electron chi connectivity index (χ1n) is 7.10. The van der Waals surface area contributed by atoms with Crippen molar-refractivity contribution in [2.75, 3.05) is 16.4 Å².